The highest BCUT2D eigenvalue weighted by Gasteiger charge is 2.41. The molecule has 0 aromatic carbocycles. The van der Waals surface area contributed by atoms with Crippen molar-refractivity contribution in [3.05, 3.63) is 0 Å². The first kappa shape index (κ1) is 15.3. The van der Waals surface area contributed by atoms with Crippen molar-refractivity contribution in [1.82, 2.24) is 4.90 Å². The molecule has 1 aliphatic heterocycles. The molecule has 0 unspecified atom stereocenters. The van der Waals surface area contributed by atoms with Gasteiger partial charge in [-0.25, -0.2) is 0 Å². The first-order valence-corrected chi connectivity index (χ1v) is 8.72. The topological polar surface area (TPSA) is 38.8 Å². The molecule has 2 aliphatic carbocycles. The van der Waals surface area contributed by atoms with Crippen molar-refractivity contribution in [2.45, 2.75) is 76.0 Å². The van der Waals surface area contributed by atoms with Crippen LogP contribution in [-0.4, -0.2) is 42.9 Å². The van der Waals surface area contributed by atoms with Gasteiger partial charge >= 0.3 is 0 Å². The molecule has 0 aromatic heterocycles. The Labute approximate surface area is 128 Å². The summed E-state index contributed by atoms with van der Waals surface area (Å²) in [5, 5.41) is 0. The molecule has 4 nitrogen and oxygen atoms in total. The van der Waals surface area contributed by atoms with E-state index in [0.717, 1.165) is 45.3 Å². The van der Waals surface area contributed by atoms with Crippen LogP contribution in [0.4, 0.5) is 0 Å². The summed E-state index contributed by atoms with van der Waals surface area (Å²) in [6.45, 7) is 1.45. The van der Waals surface area contributed by atoms with Crippen molar-refractivity contribution in [2.75, 3.05) is 20.3 Å². The number of carbonyl (C=O) groups excluding carboxylic acids is 1. The summed E-state index contributed by atoms with van der Waals surface area (Å²) in [5.74, 6) is 0.658. The van der Waals surface area contributed by atoms with E-state index in [2.05, 4.69) is 0 Å². The molecule has 4 heteroatoms. The van der Waals surface area contributed by atoms with Gasteiger partial charge in [0.2, 0.25) is 5.91 Å². The molecule has 0 radical (unpaired) electrons. The van der Waals surface area contributed by atoms with Crippen molar-refractivity contribution in [3.8, 4) is 0 Å². The van der Waals surface area contributed by atoms with Crippen molar-refractivity contribution in [2.24, 2.45) is 5.92 Å². The lowest BCUT2D eigenvalue weighted by Crippen LogP contribution is -2.45. The Morgan fingerprint density at radius 1 is 1.05 bits per heavy atom. The summed E-state index contributed by atoms with van der Waals surface area (Å²) in [5.41, 5.74) is 0. The summed E-state index contributed by atoms with van der Waals surface area (Å²) in [6, 6.07) is 0.375. The normalized spacial score (nSPS) is 27.1. The van der Waals surface area contributed by atoms with E-state index >= 15 is 0 Å². The van der Waals surface area contributed by atoms with Gasteiger partial charge in [-0.15, -0.1) is 0 Å². The molecule has 21 heavy (non-hydrogen) atoms. The van der Waals surface area contributed by atoms with Gasteiger partial charge in [0.25, 0.3) is 0 Å². The second-order valence-electron chi connectivity index (χ2n) is 7.05. The lowest BCUT2D eigenvalue weighted by Gasteiger charge is -2.39. The molecule has 0 bridgehead atoms. The molecule has 2 saturated carbocycles. The fourth-order valence-electron chi connectivity index (χ4n) is 4.20. The predicted molar refractivity (Wildman–Crippen MR) is 80.9 cm³/mol. The van der Waals surface area contributed by atoms with Crippen LogP contribution in [0.1, 0.15) is 64.2 Å². The third kappa shape index (κ3) is 3.59. The summed E-state index contributed by atoms with van der Waals surface area (Å²) in [4.78, 5) is 14.5. The van der Waals surface area contributed by atoms with Crippen LogP contribution in [0.3, 0.4) is 0 Å². The predicted octanol–water partition coefficient (Wildman–Crippen LogP) is 3.10. The second-order valence-corrected chi connectivity index (χ2v) is 7.05. The van der Waals surface area contributed by atoms with Crippen molar-refractivity contribution >= 4 is 5.91 Å². The van der Waals surface area contributed by atoms with Gasteiger partial charge in [0.1, 0.15) is 0 Å². The second kappa shape index (κ2) is 6.66. The minimum Gasteiger partial charge on any atom is -0.348 e. The Hall–Kier alpha value is -0.610. The molecule has 1 saturated heterocycles. The highest BCUT2D eigenvalue weighted by molar-refractivity contribution is 5.76. The quantitative estimate of drug-likeness (QED) is 0.803. The molecule has 1 heterocycles. The van der Waals surface area contributed by atoms with E-state index in [1.807, 2.05) is 11.9 Å². The molecule has 1 spiro atoms. The van der Waals surface area contributed by atoms with E-state index in [0.29, 0.717) is 17.9 Å². The lowest BCUT2D eigenvalue weighted by molar-refractivity contribution is -0.184. The van der Waals surface area contributed by atoms with Crippen LogP contribution in [0.15, 0.2) is 0 Å². The number of amides is 1. The first-order chi connectivity index (χ1) is 10.2. The van der Waals surface area contributed by atoms with Crippen LogP contribution in [0.5, 0.6) is 0 Å². The summed E-state index contributed by atoms with van der Waals surface area (Å²) in [7, 11) is 1.99. The minimum atomic E-state index is -0.316. The molecular weight excluding hydrogens is 266 g/mol. The third-order valence-electron chi connectivity index (χ3n) is 5.66. The van der Waals surface area contributed by atoms with Crippen LogP contribution < -0.4 is 0 Å². The maximum atomic E-state index is 12.5. The van der Waals surface area contributed by atoms with E-state index in [4.69, 9.17) is 9.47 Å². The smallest absolute Gasteiger partial charge is 0.222 e. The van der Waals surface area contributed by atoms with Gasteiger partial charge in [-0.2, -0.15) is 0 Å². The van der Waals surface area contributed by atoms with Gasteiger partial charge in [0.15, 0.2) is 5.79 Å². The number of nitrogens with zero attached hydrogens (tertiary/aromatic N) is 1. The summed E-state index contributed by atoms with van der Waals surface area (Å²) in [6.07, 6.45) is 11.1. The SMILES string of the molecule is CN(C(=O)CC1CCCCC1)C1CCC2(CC1)OCCO2. The molecule has 0 aromatic rings. The Morgan fingerprint density at radius 3 is 2.29 bits per heavy atom. The molecule has 0 N–H and O–H groups in total. The maximum Gasteiger partial charge on any atom is 0.222 e. The Balaban J connectivity index is 1.46. The average molecular weight is 295 g/mol. The first-order valence-electron chi connectivity index (χ1n) is 8.72. The molecule has 1 amide bonds. The Bertz CT molecular complexity index is 349. The zero-order valence-corrected chi connectivity index (χ0v) is 13.3. The largest absolute Gasteiger partial charge is 0.348 e. The number of ether oxygens (including phenoxy) is 2. The van der Waals surface area contributed by atoms with Crippen LogP contribution in [0, 0.1) is 5.92 Å². The number of rotatable bonds is 3. The van der Waals surface area contributed by atoms with Crippen molar-refractivity contribution in [1.29, 1.82) is 0 Å². The summed E-state index contributed by atoms with van der Waals surface area (Å²) < 4.78 is 11.5. The van der Waals surface area contributed by atoms with E-state index < -0.39 is 0 Å². The average Bonchev–Trinajstić information content (AvgIpc) is 2.96. The zero-order chi connectivity index (χ0) is 14.7. The molecule has 0 atom stereocenters. The van der Waals surface area contributed by atoms with Crippen LogP contribution in [-0.2, 0) is 14.3 Å². The molecule has 3 rings (SSSR count). The Kier molecular flexibility index (Phi) is 4.85. The molecule has 120 valence electrons. The van der Waals surface area contributed by atoms with Gasteiger partial charge < -0.3 is 14.4 Å². The fourth-order valence-corrected chi connectivity index (χ4v) is 4.20. The molecule has 3 fully saturated rings. The monoisotopic (exact) mass is 295 g/mol. The van der Waals surface area contributed by atoms with Crippen molar-refractivity contribution < 1.29 is 14.3 Å². The standard InChI is InChI=1S/C17H29NO3/c1-18(16(19)13-14-5-3-2-4-6-14)15-7-9-17(10-8-15)20-11-12-21-17/h14-15H,2-13H2,1H3. The van der Waals surface area contributed by atoms with E-state index in [9.17, 15) is 4.79 Å². The maximum absolute atomic E-state index is 12.5. The molecular formula is C17H29NO3. The van der Waals surface area contributed by atoms with Gasteiger partial charge in [0, 0.05) is 32.4 Å². The van der Waals surface area contributed by atoms with E-state index in [-0.39, 0.29) is 5.79 Å². The van der Waals surface area contributed by atoms with Gasteiger partial charge in [0.05, 0.1) is 13.2 Å². The van der Waals surface area contributed by atoms with E-state index in [1.165, 1.54) is 32.1 Å². The molecule has 3 aliphatic rings. The number of hydrogen-bond acceptors (Lipinski definition) is 3. The Morgan fingerprint density at radius 2 is 1.67 bits per heavy atom. The third-order valence-corrected chi connectivity index (χ3v) is 5.66. The van der Waals surface area contributed by atoms with Crippen LogP contribution >= 0.6 is 0 Å². The lowest BCUT2D eigenvalue weighted by atomic mass is 9.85. The highest BCUT2D eigenvalue weighted by atomic mass is 16.7. The van der Waals surface area contributed by atoms with Gasteiger partial charge in [-0.3, -0.25) is 4.79 Å². The highest BCUT2D eigenvalue weighted by Crippen LogP contribution is 2.37. The van der Waals surface area contributed by atoms with Gasteiger partial charge in [-0.05, 0) is 31.6 Å². The van der Waals surface area contributed by atoms with Crippen LogP contribution in [0.2, 0.25) is 0 Å². The minimum absolute atomic E-state index is 0.316. The number of hydrogen-bond donors (Lipinski definition) is 0. The van der Waals surface area contributed by atoms with Gasteiger partial charge in [-0.1, -0.05) is 19.3 Å². The zero-order valence-electron chi connectivity index (χ0n) is 13.3. The number of carbonyl (C=O) groups is 1. The fraction of sp³-hybridized carbons (Fsp3) is 0.941. The summed E-state index contributed by atoms with van der Waals surface area (Å²) >= 11 is 0. The van der Waals surface area contributed by atoms with Crippen LogP contribution in [0.25, 0.3) is 0 Å². The van der Waals surface area contributed by atoms with Crippen molar-refractivity contribution in [3.63, 3.8) is 0 Å². The van der Waals surface area contributed by atoms with E-state index in [1.54, 1.807) is 0 Å².